The molecular formula is C13H15FN2O3S. The molecule has 1 aromatic rings. The molecule has 0 spiro atoms. The highest BCUT2D eigenvalue weighted by molar-refractivity contribution is 7.92. The maximum atomic E-state index is 13.6. The van der Waals surface area contributed by atoms with Crippen molar-refractivity contribution in [1.82, 2.24) is 0 Å². The number of nitrogens with two attached hydrogens (primary N) is 1. The fourth-order valence-corrected chi connectivity index (χ4v) is 1.73. The maximum absolute atomic E-state index is 13.6. The first-order valence-corrected chi connectivity index (χ1v) is 7.69. The van der Waals surface area contributed by atoms with Crippen molar-refractivity contribution in [2.45, 2.75) is 12.2 Å². The van der Waals surface area contributed by atoms with E-state index >= 15 is 0 Å². The van der Waals surface area contributed by atoms with E-state index in [0.29, 0.717) is 0 Å². The zero-order chi connectivity index (χ0) is 15.3. The summed E-state index contributed by atoms with van der Waals surface area (Å²) in [6, 6.07) is 3.91. The fraction of sp³-hybridized carbons (Fsp3) is 0.308. The summed E-state index contributed by atoms with van der Waals surface area (Å²) in [6.07, 6.45) is 0.962. The van der Waals surface area contributed by atoms with Crippen LogP contribution in [0.25, 0.3) is 0 Å². The fourth-order valence-electron chi connectivity index (χ4n) is 1.28. The number of hydrogen-bond donors (Lipinski definition) is 2. The van der Waals surface area contributed by atoms with Crippen molar-refractivity contribution in [3.8, 4) is 11.8 Å². The monoisotopic (exact) mass is 298 g/mol. The molecule has 0 aliphatic rings. The van der Waals surface area contributed by atoms with Gasteiger partial charge in [-0.2, -0.15) is 0 Å². The highest BCUT2D eigenvalue weighted by Crippen LogP contribution is 2.14. The number of carbonyl (C=O) groups excluding carboxylic acids is 1. The summed E-state index contributed by atoms with van der Waals surface area (Å²) in [5.41, 5.74) is 5.51. The van der Waals surface area contributed by atoms with Gasteiger partial charge in [-0.25, -0.2) is 12.8 Å². The molecule has 0 heterocycles. The molecule has 1 amide bonds. The minimum atomic E-state index is -3.49. The predicted octanol–water partition coefficient (Wildman–Crippen LogP) is 0.508. The van der Waals surface area contributed by atoms with Crippen molar-refractivity contribution in [1.29, 1.82) is 0 Å². The number of benzene rings is 1. The van der Waals surface area contributed by atoms with E-state index in [1.54, 1.807) is 0 Å². The van der Waals surface area contributed by atoms with Gasteiger partial charge in [-0.3, -0.25) is 4.79 Å². The zero-order valence-electron chi connectivity index (χ0n) is 11.1. The van der Waals surface area contributed by atoms with E-state index in [4.69, 9.17) is 5.73 Å². The number of sulfone groups is 1. The molecule has 0 aliphatic heterocycles. The summed E-state index contributed by atoms with van der Waals surface area (Å²) in [4.78, 5) is 11.7. The molecule has 0 radical (unpaired) electrons. The van der Waals surface area contributed by atoms with Crippen LogP contribution in [0.5, 0.6) is 0 Å². The molecule has 1 unspecified atom stereocenters. The smallest absolute Gasteiger partial charge is 0.242 e. The summed E-state index contributed by atoms with van der Waals surface area (Å²) >= 11 is 0. The highest BCUT2D eigenvalue weighted by atomic mass is 32.2. The van der Waals surface area contributed by atoms with Gasteiger partial charge in [0.2, 0.25) is 5.91 Å². The molecule has 3 N–H and O–H groups in total. The molecule has 108 valence electrons. The molecule has 0 saturated carbocycles. The molecule has 0 saturated heterocycles. The molecule has 1 aromatic carbocycles. The van der Waals surface area contributed by atoms with Crippen LogP contribution in [0.4, 0.5) is 10.1 Å². The zero-order valence-corrected chi connectivity index (χ0v) is 11.9. The van der Waals surface area contributed by atoms with Gasteiger partial charge in [0.05, 0.1) is 12.1 Å². The average Bonchev–Trinajstić information content (AvgIpc) is 2.35. The van der Waals surface area contributed by atoms with Gasteiger partial charge in [0.25, 0.3) is 0 Å². The normalized spacial score (nSPS) is 12.2. The van der Waals surface area contributed by atoms with Gasteiger partial charge in [-0.1, -0.05) is 11.8 Å². The van der Waals surface area contributed by atoms with Crippen LogP contribution in [0.2, 0.25) is 0 Å². The Kier molecular flexibility index (Phi) is 5.25. The lowest BCUT2D eigenvalue weighted by atomic mass is 10.2. The van der Waals surface area contributed by atoms with E-state index in [2.05, 4.69) is 17.2 Å². The Morgan fingerprint density at radius 3 is 2.65 bits per heavy atom. The van der Waals surface area contributed by atoms with Crippen molar-refractivity contribution in [2.75, 3.05) is 18.1 Å². The quantitative estimate of drug-likeness (QED) is 0.796. The topological polar surface area (TPSA) is 89.3 Å². The van der Waals surface area contributed by atoms with E-state index in [0.717, 1.165) is 12.3 Å². The first kappa shape index (κ1) is 16.1. The lowest BCUT2D eigenvalue weighted by Gasteiger charge is -2.10. The second kappa shape index (κ2) is 6.50. The van der Waals surface area contributed by atoms with Crippen LogP contribution in [0.15, 0.2) is 18.2 Å². The van der Waals surface area contributed by atoms with Crippen molar-refractivity contribution in [3.05, 3.63) is 29.6 Å². The molecule has 1 rings (SSSR count). The average molecular weight is 298 g/mol. The van der Waals surface area contributed by atoms with Gasteiger partial charge in [0, 0.05) is 11.9 Å². The lowest BCUT2D eigenvalue weighted by molar-refractivity contribution is -0.115. The Morgan fingerprint density at radius 1 is 1.50 bits per heavy atom. The van der Waals surface area contributed by atoms with Crippen LogP contribution < -0.4 is 11.1 Å². The molecular weight excluding hydrogens is 283 g/mol. The predicted molar refractivity (Wildman–Crippen MR) is 75.3 cm³/mol. The standard InChI is InChI=1S/C13H15FN2O3S/c1-9(20(2,18)19)13(17)16-11-6-5-10(4-3-7-15)12(14)8-11/h5-6,8-9H,7,15H2,1-2H3,(H,16,17). The Labute approximate surface area is 117 Å². The minimum absolute atomic E-state index is 0.115. The number of hydrogen-bond acceptors (Lipinski definition) is 4. The first-order valence-electron chi connectivity index (χ1n) is 5.74. The van der Waals surface area contributed by atoms with Crippen molar-refractivity contribution in [3.63, 3.8) is 0 Å². The second-order valence-electron chi connectivity index (χ2n) is 4.16. The molecule has 20 heavy (non-hydrogen) atoms. The highest BCUT2D eigenvalue weighted by Gasteiger charge is 2.23. The minimum Gasteiger partial charge on any atom is -0.325 e. The van der Waals surface area contributed by atoms with Crippen molar-refractivity contribution >= 4 is 21.4 Å². The largest absolute Gasteiger partial charge is 0.325 e. The molecule has 0 bridgehead atoms. The molecule has 0 fully saturated rings. The summed E-state index contributed by atoms with van der Waals surface area (Å²) in [5, 5.41) is 1.14. The molecule has 7 heteroatoms. The second-order valence-corrected chi connectivity index (χ2v) is 6.53. The van der Waals surface area contributed by atoms with Crippen LogP contribution in [0, 0.1) is 17.7 Å². The molecule has 1 atom stereocenters. The van der Waals surface area contributed by atoms with Gasteiger partial charge < -0.3 is 11.1 Å². The van der Waals surface area contributed by atoms with Crippen LogP contribution in [0.3, 0.4) is 0 Å². The Balaban J connectivity index is 2.90. The van der Waals surface area contributed by atoms with E-state index < -0.39 is 26.8 Å². The van der Waals surface area contributed by atoms with E-state index in [-0.39, 0.29) is 17.8 Å². The number of halogens is 1. The van der Waals surface area contributed by atoms with E-state index in [9.17, 15) is 17.6 Å². The third kappa shape index (κ3) is 4.33. The van der Waals surface area contributed by atoms with Crippen LogP contribution >= 0.6 is 0 Å². The van der Waals surface area contributed by atoms with Gasteiger partial charge in [-0.15, -0.1) is 0 Å². The molecule has 0 aliphatic carbocycles. The number of rotatable bonds is 3. The first-order chi connectivity index (χ1) is 9.25. The van der Waals surface area contributed by atoms with Crippen LogP contribution in [-0.2, 0) is 14.6 Å². The summed E-state index contributed by atoms with van der Waals surface area (Å²) < 4.78 is 36.1. The van der Waals surface area contributed by atoms with Gasteiger partial charge in [0.1, 0.15) is 11.1 Å². The van der Waals surface area contributed by atoms with E-state index in [1.807, 2.05) is 0 Å². The van der Waals surface area contributed by atoms with Gasteiger partial charge in [-0.05, 0) is 25.1 Å². The SMILES string of the molecule is CC(C(=O)Nc1ccc(C#CCN)c(F)c1)S(C)(=O)=O. The lowest BCUT2D eigenvalue weighted by Crippen LogP contribution is -2.31. The molecule has 0 aromatic heterocycles. The third-order valence-corrected chi connectivity index (χ3v) is 4.07. The number of anilines is 1. The van der Waals surface area contributed by atoms with E-state index in [1.165, 1.54) is 19.1 Å². The molecule has 5 nitrogen and oxygen atoms in total. The van der Waals surface area contributed by atoms with Crippen LogP contribution in [0.1, 0.15) is 12.5 Å². The number of amides is 1. The third-order valence-electron chi connectivity index (χ3n) is 2.57. The maximum Gasteiger partial charge on any atom is 0.242 e. The Hall–Kier alpha value is -1.91. The summed E-state index contributed by atoms with van der Waals surface area (Å²) in [6.45, 7) is 1.38. The van der Waals surface area contributed by atoms with Gasteiger partial charge >= 0.3 is 0 Å². The van der Waals surface area contributed by atoms with Crippen molar-refractivity contribution in [2.24, 2.45) is 5.73 Å². The van der Waals surface area contributed by atoms with Crippen LogP contribution in [-0.4, -0.2) is 32.4 Å². The van der Waals surface area contributed by atoms with Gasteiger partial charge in [0.15, 0.2) is 9.84 Å². The Bertz CT molecular complexity index is 675. The number of carbonyl (C=O) groups is 1. The number of nitrogens with one attached hydrogen (secondary N) is 1. The summed E-state index contributed by atoms with van der Waals surface area (Å²) in [7, 11) is -3.49. The van der Waals surface area contributed by atoms with Crippen molar-refractivity contribution < 1.29 is 17.6 Å². The Morgan fingerprint density at radius 2 is 2.15 bits per heavy atom. The summed E-state index contributed by atoms with van der Waals surface area (Å²) in [5.74, 6) is 3.73.